The highest BCUT2D eigenvalue weighted by Gasteiger charge is 2.05. The lowest BCUT2D eigenvalue weighted by Crippen LogP contribution is -2.15. The molecule has 0 aliphatic rings. The molecule has 0 radical (unpaired) electrons. The molecule has 0 aliphatic carbocycles. The fourth-order valence-corrected chi connectivity index (χ4v) is 1.18. The van der Waals surface area contributed by atoms with Gasteiger partial charge in [-0.25, -0.2) is 0 Å². The van der Waals surface area contributed by atoms with Crippen molar-refractivity contribution in [3.63, 3.8) is 0 Å². The van der Waals surface area contributed by atoms with Crippen molar-refractivity contribution in [2.24, 2.45) is 0 Å². The predicted molar refractivity (Wildman–Crippen MR) is 62.0 cm³/mol. The smallest absolute Gasteiger partial charge is 0.251 e. The number of hydrogen-bond donors (Lipinski definition) is 1. The lowest BCUT2D eigenvalue weighted by Gasteiger charge is -2.06. The minimum atomic E-state index is 0.0492. The molecule has 1 heterocycles. The Morgan fingerprint density at radius 1 is 1.21 bits per heavy atom. The van der Waals surface area contributed by atoms with Crippen molar-refractivity contribution in [2.45, 2.75) is 47.5 Å². The molecular formula is C12H21NO. The van der Waals surface area contributed by atoms with Crippen LogP contribution in [-0.4, -0.2) is 4.98 Å². The zero-order valence-electron chi connectivity index (χ0n) is 10.1. The van der Waals surface area contributed by atoms with Gasteiger partial charge in [0.15, 0.2) is 0 Å². The van der Waals surface area contributed by atoms with Crippen molar-refractivity contribution in [1.82, 2.24) is 4.98 Å². The van der Waals surface area contributed by atoms with Crippen LogP contribution in [0.15, 0.2) is 10.9 Å². The number of nitrogens with one attached hydrogen (secondary N) is 1. The zero-order valence-corrected chi connectivity index (χ0v) is 10.1. The predicted octanol–water partition coefficient (Wildman–Crippen LogP) is 3.14. The molecule has 0 aromatic carbocycles. The summed E-state index contributed by atoms with van der Waals surface area (Å²) in [6.07, 6.45) is 0. The summed E-state index contributed by atoms with van der Waals surface area (Å²) in [6.45, 7) is 12.0. The van der Waals surface area contributed by atoms with Gasteiger partial charge in [-0.1, -0.05) is 27.7 Å². The van der Waals surface area contributed by atoms with Crippen LogP contribution in [0.3, 0.4) is 0 Å². The van der Waals surface area contributed by atoms with Crippen LogP contribution in [-0.2, 0) is 0 Å². The largest absolute Gasteiger partial charge is 0.326 e. The molecule has 0 fully saturated rings. The Balaban J connectivity index is 0.000000791. The highest BCUT2D eigenvalue weighted by molar-refractivity contribution is 5.24. The first-order valence-electron chi connectivity index (χ1n) is 5.22. The monoisotopic (exact) mass is 195 g/mol. The van der Waals surface area contributed by atoms with E-state index in [1.807, 2.05) is 47.6 Å². The number of H-pyrrole nitrogens is 1. The van der Waals surface area contributed by atoms with E-state index in [2.05, 4.69) is 4.98 Å². The van der Waals surface area contributed by atoms with Gasteiger partial charge < -0.3 is 4.98 Å². The molecule has 0 spiro atoms. The first-order chi connectivity index (χ1) is 6.52. The quantitative estimate of drug-likeness (QED) is 0.733. The van der Waals surface area contributed by atoms with Gasteiger partial charge in [0.1, 0.15) is 0 Å². The average Bonchev–Trinajstić information content (AvgIpc) is 2.14. The summed E-state index contributed by atoms with van der Waals surface area (Å²) in [7, 11) is 0. The molecule has 1 N–H and O–H groups in total. The van der Waals surface area contributed by atoms with Crippen LogP contribution in [0, 0.1) is 13.8 Å². The Kier molecular flexibility index (Phi) is 5.21. The summed E-state index contributed by atoms with van der Waals surface area (Å²) in [4.78, 5) is 14.2. The Hall–Kier alpha value is -1.05. The molecule has 1 aromatic heterocycles. The topological polar surface area (TPSA) is 32.9 Å². The summed E-state index contributed by atoms with van der Waals surface area (Å²) in [5.41, 5.74) is 3.04. The van der Waals surface area contributed by atoms with Crippen LogP contribution < -0.4 is 5.56 Å². The minimum absolute atomic E-state index is 0.0492. The fraction of sp³-hybridized carbons (Fsp3) is 0.583. The Morgan fingerprint density at radius 2 is 1.71 bits per heavy atom. The van der Waals surface area contributed by atoms with Gasteiger partial charge in [0.25, 0.3) is 5.56 Å². The van der Waals surface area contributed by atoms with Crippen molar-refractivity contribution in [2.75, 3.05) is 0 Å². The Bertz CT molecular complexity index is 337. The van der Waals surface area contributed by atoms with Crippen LogP contribution in [0.4, 0.5) is 0 Å². The van der Waals surface area contributed by atoms with Crippen molar-refractivity contribution in [1.29, 1.82) is 0 Å². The molecule has 0 saturated heterocycles. The van der Waals surface area contributed by atoms with Gasteiger partial charge in [0.05, 0.1) is 0 Å². The molecule has 0 unspecified atom stereocenters. The molecule has 0 bridgehead atoms. The van der Waals surface area contributed by atoms with Gasteiger partial charge in [-0.3, -0.25) is 4.79 Å². The maximum Gasteiger partial charge on any atom is 0.251 e. The van der Waals surface area contributed by atoms with Gasteiger partial charge >= 0.3 is 0 Å². The van der Waals surface area contributed by atoms with Gasteiger partial charge in [-0.05, 0) is 31.4 Å². The molecule has 1 rings (SSSR count). The summed E-state index contributed by atoms with van der Waals surface area (Å²) < 4.78 is 0. The van der Waals surface area contributed by atoms with Crippen molar-refractivity contribution in [3.05, 3.63) is 33.2 Å². The molecule has 80 valence electrons. The van der Waals surface area contributed by atoms with Crippen LogP contribution in [0.2, 0.25) is 0 Å². The Morgan fingerprint density at radius 3 is 2.14 bits per heavy atom. The standard InChI is InChI=1S/C10H15NO.C2H6/c1-6(2)9-5-7(3)8(4)11-10(9)12;1-2/h5-6H,1-4H3,(H,11,12);1-2H3. The van der Waals surface area contributed by atoms with Crippen molar-refractivity contribution < 1.29 is 0 Å². The maximum atomic E-state index is 11.4. The molecule has 2 nitrogen and oxygen atoms in total. The summed E-state index contributed by atoms with van der Waals surface area (Å²) in [5.74, 6) is 0.299. The summed E-state index contributed by atoms with van der Waals surface area (Å²) >= 11 is 0. The van der Waals surface area contributed by atoms with E-state index in [-0.39, 0.29) is 5.56 Å². The highest BCUT2D eigenvalue weighted by Crippen LogP contribution is 2.11. The molecule has 0 atom stereocenters. The lowest BCUT2D eigenvalue weighted by molar-refractivity contribution is 0.836. The third-order valence-corrected chi connectivity index (χ3v) is 2.15. The third kappa shape index (κ3) is 3.02. The van der Waals surface area contributed by atoms with E-state index in [0.717, 1.165) is 16.8 Å². The summed E-state index contributed by atoms with van der Waals surface area (Å²) in [6, 6.07) is 1.97. The average molecular weight is 195 g/mol. The number of pyridine rings is 1. The first-order valence-corrected chi connectivity index (χ1v) is 5.22. The minimum Gasteiger partial charge on any atom is -0.326 e. The third-order valence-electron chi connectivity index (χ3n) is 2.15. The van der Waals surface area contributed by atoms with Crippen molar-refractivity contribution >= 4 is 0 Å². The van der Waals surface area contributed by atoms with E-state index >= 15 is 0 Å². The van der Waals surface area contributed by atoms with Gasteiger partial charge in [-0.2, -0.15) is 0 Å². The second-order valence-electron chi connectivity index (χ2n) is 3.52. The molecule has 0 saturated carbocycles. The number of aromatic amines is 1. The lowest BCUT2D eigenvalue weighted by atomic mass is 10.0. The first kappa shape index (κ1) is 12.9. The Labute approximate surface area is 86.4 Å². The normalized spacial score (nSPS) is 9.64. The number of aryl methyl sites for hydroxylation is 2. The second-order valence-corrected chi connectivity index (χ2v) is 3.52. The molecular weight excluding hydrogens is 174 g/mol. The van der Waals surface area contributed by atoms with Gasteiger partial charge in [0, 0.05) is 11.3 Å². The van der Waals surface area contributed by atoms with E-state index in [1.165, 1.54) is 0 Å². The molecule has 1 aromatic rings. The highest BCUT2D eigenvalue weighted by atomic mass is 16.1. The molecule has 2 heteroatoms. The van der Waals surface area contributed by atoms with Crippen LogP contribution in [0.5, 0.6) is 0 Å². The van der Waals surface area contributed by atoms with E-state index in [4.69, 9.17) is 0 Å². The second kappa shape index (κ2) is 5.63. The van der Waals surface area contributed by atoms with Crippen LogP contribution in [0.1, 0.15) is 50.4 Å². The van der Waals surface area contributed by atoms with E-state index in [0.29, 0.717) is 5.92 Å². The van der Waals surface area contributed by atoms with Gasteiger partial charge in [-0.15, -0.1) is 0 Å². The van der Waals surface area contributed by atoms with Crippen LogP contribution >= 0.6 is 0 Å². The fourth-order valence-electron chi connectivity index (χ4n) is 1.18. The van der Waals surface area contributed by atoms with Crippen molar-refractivity contribution in [3.8, 4) is 0 Å². The van der Waals surface area contributed by atoms with E-state index in [1.54, 1.807) is 0 Å². The maximum absolute atomic E-state index is 11.4. The zero-order chi connectivity index (χ0) is 11.3. The molecule has 0 aliphatic heterocycles. The molecule has 0 amide bonds. The van der Waals surface area contributed by atoms with Crippen LogP contribution in [0.25, 0.3) is 0 Å². The SMILES string of the molecule is CC.Cc1cc(C(C)C)c(=O)[nH]c1C. The van der Waals surface area contributed by atoms with Gasteiger partial charge in [0.2, 0.25) is 0 Å². The molecule has 14 heavy (non-hydrogen) atoms. The number of rotatable bonds is 1. The number of aromatic nitrogens is 1. The number of hydrogen-bond acceptors (Lipinski definition) is 1. The van der Waals surface area contributed by atoms with E-state index < -0.39 is 0 Å². The van der Waals surface area contributed by atoms with E-state index in [9.17, 15) is 4.79 Å². The summed E-state index contributed by atoms with van der Waals surface area (Å²) in [5, 5.41) is 0.